The highest BCUT2D eigenvalue weighted by Gasteiger charge is 2.47. The highest BCUT2D eigenvalue weighted by atomic mass is 19.1. The molecule has 192 valence electrons. The van der Waals surface area contributed by atoms with Gasteiger partial charge in [0.1, 0.15) is 17.3 Å². The molecule has 4 aromatic rings. The molecule has 5 rings (SSSR count). The molecule has 7 nitrogen and oxygen atoms in total. The van der Waals surface area contributed by atoms with E-state index in [9.17, 15) is 24.2 Å². The maximum Gasteiger partial charge on any atom is 0.300 e. The summed E-state index contributed by atoms with van der Waals surface area (Å²) in [6.45, 7) is 2.02. The molecule has 4 aromatic carbocycles. The molecular weight excluding hydrogens is 489 g/mol. The largest absolute Gasteiger partial charge is 0.507 e. The minimum Gasteiger partial charge on any atom is -0.507 e. The average Bonchev–Trinajstić information content (AvgIpc) is 3.19. The van der Waals surface area contributed by atoms with Crippen LogP contribution in [0.4, 0.5) is 10.1 Å². The van der Waals surface area contributed by atoms with Gasteiger partial charge in [-0.2, -0.15) is 0 Å². The number of hydrogen-bond donors (Lipinski definition) is 2. The molecule has 38 heavy (non-hydrogen) atoms. The Morgan fingerprint density at radius 3 is 2.50 bits per heavy atom. The number of aliphatic hydroxyl groups excluding tert-OH is 1. The van der Waals surface area contributed by atoms with Gasteiger partial charge in [0.25, 0.3) is 11.7 Å². The Morgan fingerprint density at radius 2 is 1.74 bits per heavy atom. The van der Waals surface area contributed by atoms with E-state index in [1.165, 1.54) is 30.2 Å². The topological polar surface area (TPSA) is 96.3 Å². The summed E-state index contributed by atoms with van der Waals surface area (Å²) in [5.74, 6) is -2.90. The van der Waals surface area contributed by atoms with Crippen molar-refractivity contribution in [1.29, 1.82) is 0 Å². The van der Waals surface area contributed by atoms with Gasteiger partial charge in [0.2, 0.25) is 0 Å². The van der Waals surface area contributed by atoms with Gasteiger partial charge < -0.3 is 19.7 Å². The van der Waals surface area contributed by atoms with Crippen molar-refractivity contribution >= 4 is 33.9 Å². The van der Waals surface area contributed by atoms with Crippen LogP contribution in [0.2, 0.25) is 0 Å². The van der Waals surface area contributed by atoms with Crippen LogP contribution in [-0.4, -0.2) is 35.6 Å². The van der Waals surface area contributed by atoms with Gasteiger partial charge in [-0.05, 0) is 54.3 Å². The molecular formula is C30H24FNO6. The number of nitrogens with zero attached hydrogens (tertiary/aromatic N) is 1. The van der Waals surface area contributed by atoms with E-state index in [1.807, 2.05) is 30.3 Å². The second-order valence-corrected chi connectivity index (χ2v) is 8.67. The molecule has 1 saturated heterocycles. The Bertz CT molecular complexity index is 1610. The van der Waals surface area contributed by atoms with Crippen molar-refractivity contribution in [2.45, 2.75) is 13.0 Å². The van der Waals surface area contributed by atoms with Crippen molar-refractivity contribution in [2.24, 2.45) is 0 Å². The first-order valence-corrected chi connectivity index (χ1v) is 11.9. The molecule has 0 spiro atoms. The first-order chi connectivity index (χ1) is 18.3. The number of amides is 1. The van der Waals surface area contributed by atoms with Crippen LogP contribution in [0.1, 0.15) is 24.1 Å². The van der Waals surface area contributed by atoms with E-state index in [4.69, 9.17) is 9.47 Å². The molecule has 1 atom stereocenters. The normalized spacial score (nSPS) is 16.7. The van der Waals surface area contributed by atoms with Crippen molar-refractivity contribution in [3.8, 4) is 17.2 Å². The smallest absolute Gasteiger partial charge is 0.300 e. The summed E-state index contributed by atoms with van der Waals surface area (Å²) >= 11 is 0. The van der Waals surface area contributed by atoms with Crippen LogP contribution in [0.25, 0.3) is 16.5 Å². The molecule has 1 fully saturated rings. The van der Waals surface area contributed by atoms with Gasteiger partial charge in [-0.15, -0.1) is 0 Å². The maximum atomic E-state index is 14.2. The maximum absolute atomic E-state index is 14.2. The number of benzene rings is 4. The molecule has 0 bridgehead atoms. The molecule has 0 radical (unpaired) electrons. The van der Waals surface area contributed by atoms with Crippen LogP contribution in [0.5, 0.6) is 17.2 Å². The number of phenolic OH excluding ortho intramolecular Hbond substituents is 1. The molecule has 2 N–H and O–H groups in total. The van der Waals surface area contributed by atoms with Crippen molar-refractivity contribution in [3.05, 3.63) is 101 Å². The highest BCUT2D eigenvalue weighted by molar-refractivity contribution is 6.52. The van der Waals surface area contributed by atoms with Crippen LogP contribution >= 0.6 is 0 Å². The van der Waals surface area contributed by atoms with E-state index in [2.05, 4.69) is 0 Å². The Balaban J connectivity index is 1.82. The van der Waals surface area contributed by atoms with Gasteiger partial charge >= 0.3 is 0 Å². The second-order valence-electron chi connectivity index (χ2n) is 8.67. The number of halogens is 1. The third kappa shape index (κ3) is 4.10. The van der Waals surface area contributed by atoms with Crippen LogP contribution in [0.3, 0.4) is 0 Å². The fourth-order valence-electron chi connectivity index (χ4n) is 4.80. The number of ether oxygens (including phenoxy) is 2. The van der Waals surface area contributed by atoms with Crippen molar-refractivity contribution in [3.63, 3.8) is 0 Å². The van der Waals surface area contributed by atoms with E-state index >= 15 is 0 Å². The second kappa shape index (κ2) is 9.89. The number of aliphatic hydroxyl groups is 1. The van der Waals surface area contributed by atoms with Crippen molar-refractivity contribution in [1.82, 2.24) is 0 Å². The highest BCUT2D eigenvalue weighted by Crippen LogP contribution is 2.46. The van der Waals surface area contributed by atoms with E-state index in [-0.39, 0.29) is 35.0 Å². The summed E-state index contributed by atoms with van der Waals surface area (Å²) in [7, 11) is 1.35. The predicted molar refractivity (Wildman–Crippen MR) is 141 cm³/mol. The third-order valence-electron chi connectivity index (χ3n) is 6.49. The van der Waals surface area contributed by atoms with Gasteiger partial charge in [-0.3, -0.25) is 14.5 Å². The van der Waals surface area contributed by atoms with Crippen molar-refractivity contribution < 1.29 is 33.7 Å². The summed E-state index contributed by atoms with van der Waals surface area (Å²) in [6, 6.07) is 19.6. The Morgan fingerprint density at radius 1 is 0.974 bits per heavy atom. The fourth-order valence-corrected chi connectivity index (χ4v) is 4.80. The number of aromatic hydroxyl groups is 1. The van der Waals surface area contributed by atoms with Crippen LogP contribution in [0, 0.1) is 5.82 Å². The van der Waals surface area contributed by atoms with Gasteiger partial charge in [-0.1, -0.05) is 42.5 Å². The first-order valence-electron chi connectivity index (χ1n) is 11.9. The molecule has 0 saturated carbocycles. The Hall–Kier alpha value is -4.85. The zero-order chi connectivity index (χ0) is 27.0. The zero-order valence-electron chi connectivity index (χ0n) is 20.6. The fraction of sp³-hybridized carbons (Fsp3) is 0.133. The number of hydrogen-bond acceptors (Lipinski definition) is 6. The van der Waals surface area contributed by atoms with Crippen molar-refractivity contribution in [2.75, 3.05) is 18.6 Å². The van der Waals surface area contributed by atoms with Gasteiger partial charge in [0.15, 0.2) is 11.5 Å². The Kier molecular flexibility index (Phi) is 6.46. The number of phenols is 1. The summed E-state index contributed by atoms with van der Waals surface area (Å²) in [6.07, 6.45) is 0. The number of Topliss-reactive ketones (excluding diaryl/α,β-unsaturated/α-hetero) is 1. The quantitative estimate of drug-likeness (QED) is 0.195. The minimum atomic E-state index is -1.12. The summed E-state index contributed by atoms with van der Waals surface area (Å²) in [5.41, 5.74) is 0.527. The lowest BCUT2D eigenvalue weighted by Crippen LogP contribution is -2.29. The lowest BCUT2D eigenvalue weighted by Gasteiger charge is -2.27. The summed E-state index contributed by atoms with van der Waals surface area (Å²) in [5, 5.41) is 23.3. The molecule has 1 unspecified atom stereocenters. The molecule has 1 amide bonds. The van der Waals surface area contributed by atoms with E-state index in [0.29, 0.717) is 16.6 Å². The number of rotatable bonds is 6. The molecule has 0 aliphatic carbocycles. The van der Waals surface area contributed by atoms with Gasteiger partial charge in [0, 0.05) is 5.39 Å². The lowest BCUT2D eigenvalue weighted by atomic mass is 9.94. The molecule has 1 heterocycles. The number of ketones is 1. The monoisotopic (exact) mass is 513 g/mol. The first kappa shape index (κ1) is 24.8. The third-order valence-corrected chi connectivity index (χ3v) is 6.49. The van der Waals surface area contributed by atoms with Crippen LogP contribution in [-0.2, 0) is 9.59 Å². The molecule has 0 aromatic heterocycles. The number of methoxy groups -OCH3 is 1. The molecule has 1 aliphatic rings. The number of carbonyl (C=O) groups excluding carboxylic acids is 2. The minimum absolute atomic E-state index is 0.0720. The zero-order valence-corrected chi connectivity index (χ0v) is 20.6. The lowest BCUT2D eigenvalue weighted by molar-refractivity contribution is -0.132. The summed E-state index contributed by atoms with van der Waals surface area (Å²) in [4.78, 5) is 28.5. The van der Waals surface area contributed by atoms with E-state index in [1.54, 1.807) is 25.1 Å². The van der Waals surface area contributed by atoms with Gasteiger partial charge in [0.05, 0.1) is 36.6 Å². The molecule has 8 heteroatoms. The molecule has 1 aliphatic heterocycles. The van der Waals surface area contributed by atoms with Gasteiger partial charge in [-0.25, -0.2) is 4.39 Å². The predicted octanol–water partition coefficient (Wildman–Crippen LogP) is 5.72. The standard InChI is InChI=1S/C30H24FNO6/c1-3-38-25-15-18(11-13-23(25)33)27-26(28(34)21-16-19(31)12-14-24(21)37-2)29(35)30(36)32(27)22-10-6-8-17-7-4-5-9-20(17)22/h4-16,27,33-34H,3H2,1-2H3/b28-26+. The number of anilines is 1. The van der Waals surface area contributed by atoms with Crippen LogP contribution < -0.4 is 14.4 Å². The van der Waals surface area contributed by atoms with E-state index < -0.39 is 29.3 Å². The SMILES string of the molecule is CCOc1cc(C2/C(=C(\O)c3cc(F)ccc3OC)C(=O)C(=O)N2c2cccc3ccccc23)ccc1O. The average molecular weight is 514 g/mol. The van der Waals surface area contributed by atoms with E-state index in [0.717, 1.165) is 17.5 Å². The number of fused-ring (bicyclic) bond motifs is 1. The summed E-state index contributed by atoms with van der Waals surface area (Å²) < 4.78 is 25.1. The van der Waals surface area contributed by atoms with Crippen LogP contribution in [0.15, 0.2) is 84.4 Å². The Labute approximate surface area is 218 Å². The number of carbonyl (C=O) groups is 2.